The van der Waals surface area contributed by atoms with Crippen LogP contribution in [-0.4, -0.2) is 45.7 Å². The van der Waals surface area contributed by atoms with Gasteiger partial charge in [0.05, 0.1) is 5.69 Å². The van der Waals surface area contributed by atoms with Gasteiger partial charge in [-0.15, -0.1) is 13.2 Å². The Morgan fingerprint density at radius 1 is 1.17 bits per heavy atom. The van der Waals surface area contributed by atoms with Gasteiger partial charge in [0.15, 0.2) is 5.82 Å². The molecule has 36 heavy (non-hydrogen) atoms. The zero-order valence-electron chi connectivity index (χ0n) is 18.1. The molecule has 1 aromatic heterocycles. The van der Waals surface area contributed by atoms with Crippen molar-refractivity contribution in [1.82, 2.24) is 15.3 Å². The van der Waals surface area contributed by atoms with Crippen LogP contribution < -0.4 is 15.0 Å². The van der Waals surface area contributed by atoms with Crippen molar-refractivity contribution >= 4 is 29.1 Å². The van der Waals surface area contributed by atoms with E-state index in [1.54, 1.807) is 0 Å². The normalized spacial score (nSPS) is 17.7. The van der Waals surface area contributed by atoms with Crippen LogP contribution in [0.1, 0.15) is 37.3 Å². The monoisotopic (exact) mass is 542 g/mol. The van der Waals surface area contributed by atoms with Crippen LogP contribution in [-0.2, 0) is 9.59 Å². The standard InChI is InChI=1S/C21H18ClF7N4O3/c22-17(24)19(35)33(15-2-1-13(7-14(15)23)36-21(27,28)29)16(11-8-30-10-31-9-11)18(34)32-12-3-5-20(25,26)6-4-12/h1-2,7-10,12,16-17H,3-6H2,(H,32,34). The van der Waals surface area contributed by atoms with Crippen LogP contribution in [0.5, 0.6) is 5.75 Å². The van der Waals surface area contributed by atoms with E-state index in [0.29, 0.717) is 17.0 Å². The van der Waals surface area contributed by atoms with Gasteiger partial charge in [0.1, 0.15) is 18.1 Å². The molecule has 15 heteroatoms. The molecule has 0 spiro atoms. The molecule has 0 saturated heterocycles. The van der Waals surface area contributed by atoms with E-state index in [-0.39, 0.29) is 24.5 Å². The summed E-state index contributed by atoms with van der Waals surface area (Å²) >= 11 is 5.30. The number of amides is 2. The number of anilines is 1. The highest BCUT2D eigenvalue weighted by atomic mass is 35.5. The van der Waals surface area contributed by atoms with Gasteiger partial charge in [0.2, 0.25) is 11.8 Å². The van der Waals surface area contributed by atoms with E-state index in [9.17, 15) is 40.3 Å². The van der Waals surface area contributed by atoms with Crippen LogP contribution in [0.25, 0.3) is 0 Å². The molecule has 1 aromatic carbocycles. The van der Waals surface area contributed by atoms with E-state index >= 15 is 0 Å². The summed E-state index contributed by atoms with van der Waals surface area (Å²) in [6, 6.07) is -1.01. The average molecular weight is 543 g/mol. The fraction of sp³-hybridized carbons (Fsp3) is 0.429. The van der Waals surface area contributed by atoms with Crippen molar-refractivity contribution < 1.29 is 45.1 Å². The van der Waals surface area contributed by atoms with Crippen molar-refractivity contribution in [3.8, 4) is 5.75 Å². The lowest BCUT2D eigenvalue weighted by atomic mass is 9.92. The lowest BCUT2D eigenvalue weighted by Gasteiger charge is -2.34. The van der Waals surface area contributed by atoms with Gasteiger partial charge >= 0.3 is 6.36 Å². The first-order valence-electron chi connectivity index (χ1n) is 10.4. The summed E-state index contributed by atoms with van der Waals surface area (Å²) in [5, 5.41) is 2.48. The van der Waals surface area contributed by atoms with Crippen LogP contribution in [0.15, 0.2) is 36.9 Å². The molecule has 1 saturated carbocycles. The second kappa shape index (κ2) is 10.8. The third-order valence-electron chi connectivity index (χ3n) is 5.30. The van der Waals surface area contributed by atoms with E-state index in [1.807, 2.05) is 0 Å². The zero-order valence-corrected chi connectivity index (χ0v) is 18.9. The summed E-state index contributed by atoms with van der Waals surface area (Å²) < 4.78 is 97.1. The Bertz CT molecular complexity index is 1080. The van der Waals surface area contributed by atoms with E-state index in [2.05, 4.69) is 20.0 Å². The number of rotatable bonds is 7. The van der Waals surface area contributed by atoms with Crippen molar-refractivity contribution in [3.63, 3.8) is 0 Å². The topological polar surface area (TPSA) is 84.4 Å². The van der Waals surface area contributed by atoms with Crippen molar-refractivity contribution in [1.29, 1.82) is 0 Å². The van der Waals surface area contributed by atoms with Gasteiger partial charge < -0.3 is 10.1 Å². The number of nitrogens with one attached hydrogen (secondary N) is 1. The Balaban J connectivity index is 2.02. The summed E-state index contributed by atoms with van der Waals surface area (Å²) in [5.41, 5.74) is -3.74. The lowest BCUT2D eigenvalue weighted by molar-refractivity contribution is -0.274. The third-order valence-corrected chi connectivity index (χ3v) is 5.49. The minimum absolute atomic E-state index is 0.107. The highest BCUT2D eigenvalue weighted by molar-refractivity contribution is 6.32. The number of ether oxygens (including phenoxy) is 1. The fourth-order valence-corrected chi connectivity index (χ4v) is 3.81. The molecule has 1 aliphatic carbocycles. The van der Waals surface area contributed by atoms with Gasteiger partial charge in [-0.25, -0.2) is 27.5 Å². The van der Waals surface area contributed by atoms with Crippen molar-refractivity contribution in [2.45, 2.75) is 55.7 Å². The molecule has 0 radical (unpaired) electrons. The zero-order chi connectivity index (χ0) is 26.7. The van der Waals surface area contributed by atoms with Crippen molar-refractivity contribution in [3.05, 3.63) is 48.3 Å². The molecule has 1 heterocycles. The SMILES string of the molecule is O=C(NC1CCC(F)(F)CC1)C(c1cncnc1)N(C(=O)C(F)Cl)c1ccc(OC(F)(F)F)cc1F. The van der Waals surface area contributed by atoms with Gasteiger partial charge in [-0.05, 0) is 25.0 Å². The number of hydrogen-bond donors (Lipinski definition) is 1. The summed E-state index contributed by atoms with van der Waals surface area (Å²) in [6.45, 7) is 0. The minimum Gasteiger partial charge on any atom is -0.406 e. The molecule has 2 amide bonds. The van der Waals surface area contributed by atoms with Crippen LogP contribution in [0, 0.1) is 5.82 Å². The number of carbonyl (C=O) groups is 2. The average Bonchev–Trinajstić information content (AvgIpc) is 2.78. The van der Waals surface area contributed by atoms with Crippen molar-refractivity contribution in [2.75, 3.05) is 4.90 Å². The second-order valence-corrected chi connectivity index (χ2v) is 8.27. The summed E-state index contributed by atoms with van der Waals surface area (Å²) in [7, 11) is 0. The highest BCUT2D eigenvalue weighted by Gasteiger charge is 2.41. The molecule has 196 valence electrons. The van der Waals surface area contributed by atoms with Gasteiger partial charge in [-0.1, -0.05) is 11.6 Å². The predicted octanol–water partition coefficient (Wildman–Crippen LogP) is 4.82. The Morgan fingerprint density at radius 2 is 1.78 bits per heavy atom. The molecule has 2 aromatic rings. The maximum atomic E-state index is 14.9. The first-order chi connectivity index (χ1) is 16.8. The Hall–Kier alpha value is -3.16. The Kier molecular flexibility index (Phi) is 8.26. The van der Waals surface area contributed by atoms with Gasteiger partial charge in [-0.3, -0.25) is 14.5 Å². The fourth-order valence-electron chi connectivity index (χ4n) is 3.70. The highest BCUT2D eigenvalue weighted by Crippen LogP contribution is 2.36. The second-order valence-electron chi connectivity index (χ2n) is 7.88. The molecule has 0 bridgehead atoms. The number of aromatic nitrogens is 2. The van der Waals surface area contributed by atoms with Gasteiger partial charge in [0, 0.05) is 42.9 Å². The molecule has 1 aliphatic rings. The number of alkyl halides is 7. The Morgan fingerprint density at radius 3 is 2.31 bits per heavy atom. The quantitative estimate of drug-likeness (QED) is 0.401. The number of halogens is 8. The minimum atomic E-state index is -5.15. The van der Waals surface area contributed by atoms with Crippen LogP contribution >= 0.6 is 11.6 Å². The number of hydrogen-bond acceptors (Lipinski definition) is 5. The molecule has 3 rings (SSSR count). The molecule has 1 fully saturated rings. The maximum Gasteiger partial charge on any atom is 0.573 e. The first-order valence-corrected chi connectivity index (χ1v) is 10.8. The Labute approximate surface area is 204 Å². The van der Waals surface area contributed by atoms with Gasteiger partial charge in [-0.2, -0.15) is 0 Å². The van der Waals surface area contributed by atoms with E-state index < -0.39 is 71.9 Å². The summed E-state index contributed by atoms with van der Waals surface area (Å²) in [5.74, 6) is -8.01. The summed E-state index contributed by atoms with van der Waals surface area (Å²) in [6.07, 6.45) is -3.19. The molecule has 2 atom stereocenters. The third kappa shape index (κ3) is 6.95. The molecular formula is C21H18ClF7N4O3. The predicted molar refractivity (Wildman–Crippen MR) is 111 cm³/mol. The van der Waals surface area contributed by atoms with E-state index in [0.717, 1.165) is 18.7 Å². The van der Waals surface area contributed by atoms with Crippen molar-refractivity contribution in [2.24, 2.45) is 0 Å². The number of benzene rings is 1. The van der Waals surface area contributed by atoms with Gasteiger partial charge in [0.25, 0.3) is 11.5 Å². The maximum absolute atomic E-state index is 14.9. The van der Waals surface area contributed by atoms with E-state index in [1.165, 1.54) is 0 Å². The molecular weight excluding hydrogens is 525 g/mol. The molecule has 7 nitrogen and oxygen atoms in total. The van der Waals surface area contributed by atoms with Crippen LogP contribution in [0.4, 0.5) is 36.4 Å². The molecule has 1 N–H and O–H groups in total. The van der Waals surface area contributed by atoms with Crippen LogP contribution in [0.2, 0.25) is 0 Å². The first kappa shape index (κ1) is 27.4. The number of nitrogens with zero attached hydrogens (tertiary/aromatic N) is 3. The molecule has 2 unspecified atom stereocenters. The smallest absolute Gasteiger partial charge is 0.406 e. The lowest BCUT2D eigenvalue weighted by Crippen LogP contribution is -2.49. The summed E-state index contributed by atoms with van der Waals surface area (Å²) in [4.78, 5) is 33.7. The van der Waals surface area contributed by atoms with E-state index in [4.69, 9.17) is 11.6 Å². The van der Waals surface area contributed by atoms with Crippen LogP contribution in [0.3, 0.4) is 0 Å². The molecule has 0 aliphatic heterocycles. The largest absolute Gasteiger partial charge is 0.573 e. The number of carbonyl (C=O) groups excluding carboxylic acids is 2.